The van der Waals surface area contributed by atoms with Crippen molar-refractivity contribution in [2.45, 2.75) is 6.42 Å². The monoisotopic (exact) mass is 437 g/mol. The Kier molecular flexibility index (Phi) is 4.26. The number of imide groups is 1. The molecule has 2 fully saturated rings. The largest absolute Gasteiger partial charge is 0.320 e. The number of benzene rings is 2. The molecule has 3 aromatic rings. The van der Waals surface area contributed by atoms with Gasteiger partial charge in [0.15, 0.2) is 6.29 Å². The van der Waals surface area contributed by atoms with Gasteiger partial charge in [-0.15, -0.1) is 0 Å². The van der Waals surface area contributed by atoms with E-state index < -0.39 is 0 Å². The highest BCUT2D eigenvalue weighted by Gasteiger charge is 2.59. The van der Waals surface area contributed by atoms with E-state index in [1.807, 2.05) is 0 Å². The molecule has 0 spiro atoms. The molecule has 1 aromatic heterocycles. The molecule has 1 N–H and O–H groups in total. The minimum Gasteiger partial charge on any atom is -0.320 e. The van der Waals surface area contributed by atoms with Gasteiger partial charge in [0.05, 0.1) is 28.7 Å². The summed E-state index contributed by atoms with van der Waals surface area (Å²) in [6.45, 7) is 0. The number of nitrogens with one attached hydrogen (secondary N) is 1. The Bertz CT molecular complexity index is 1350. The molecule has 7 nitrogen and oxygen atoms in total. The van der Waals surface area contributed by atoms with E-state index in [-0.39, 0.29) is 41.4 Å². The number of aromatic nitrogens is 1. The summed E-state index contributed by atoms with van der Waals surface area (Å²) in [4.78, 5) is 55.7. The van der Waals surface area contributed by atoms with Gasteiger partial charge in [-0.3, -0.25) is 29.1 Å². The highest BCUT2D eigenvalue weighted by Crippen LogP contribution is 2.53. The van der Waals surface area contributed by atoms with Crippen LogP contribution < -0.4 is 10.2 Å². The van der Waals surface area contributed by atoms with E-state index in [9.17, 15) is 19.2 Å². The zero-order chi connectivity index (χ0) is 22.7. The van der Waals surface area contributed by atoms with Crippen molar-refractivity contribution in [1.29, 1.82) is 0 Å². The maximum atomic E-state index is 13.0. The summed E-state index contributed by atoms with van der Waals surface area (Å²) in [6.07, 6.45) is 7.29. The molecule has 2 bridgehead atoms. The molecule has 1 saturated carbocycles. The number of hydrogen-bond acceptors (Lipinski definition) is 5. The molecule has 4 atom stereocenters. The molecule has 1 saturated heterocycles. The maximum absolute atomic E-state index is 13.0. The molecule has 3 aliphatic rings. The molecule has 33 heavy (non-hydrogen) atoms. The average Bonchev–Trinajstić information content (AvgIpc) is 3.52. The topological polar surface area (TPSA) is 96.4 Å². The number of carbonyl (C=O) groups is 4. The Labute approximate surface area is 189 Å². The summed E-state index contributed by atoms with van der Waals surface area (Å²) in [5.41, 5.74) is 2.37. The molecule has 7 heteroatoms. The Hall–Kier alpha value is -4.13. The van der Waals surface area contributed by atoms with Gasteiger partial charge < -0.3 is 5.32 Å². The molecule has 2 heterocycles. The van der Waals surface area contributed by atoms with Crippen molar-refractivity contribution >= 4 is 46.3 Å². The fraction of sp³-hybridized carbons (Fsp3) is 0.192. The van der Waals surface area contributed by atoms with Gasteiger partial charge in [0.2, 0.25) is 11.8 Å². The molecule has 6 rings (SSSR count). The minimum atomic E-state index is -0.356. The Morgan fingerprint density at radius 1 is 0.970 bits per heavy atom. The van der Waals surface area contributed by atoms with Crippen LogP contribution in [-0.4, -0.2) is 29.0 Å². The first-order chi connectivity index (χ1) is 16.1. The lowest BCUT2D eigenvalue weighted by Gasteiger charge is -2.17. The van der Waals surface area contributed by atoms with E-state index in [2.05, 4.69) is 22.5 Å². The molecule has 3 amide bonds. The van der Waals surface area contributed by atoms with Crippen molar-refractivity contribution in [3.8, 4) is 0 Å². The molecule has 0 radical (unpaired) electrons. The molecule has 2 aliphatic carbocycles. The fourth-order valence-corrected chi connectivity index (χ4v) is 5.51. The van der Waals surface area contributed by atoms with Crippen LogP contribution in [0.4, 0.5) is 11.4 Å². The Morgan fingerprint density at radius 3 is 2.33 bits per heavy atom. The minimum absolute atomic E-state index is 0.146. The summed E-state index contributed by atoms with van der Waals surface area (Å²) in [7, 11) is 0. The normalized spacial score (nSPS) is 25.0. The smallest absolute Gasteiger partial charge is 0.255 e. The number of amides is 3. The summed E-state index contributed by atoms with van der Waals surface area (Å²) >= 11 is 0. The highest BCUT2D eigenvalue weighted by molar-refractivity contribution is 6.23. The lowest BCUT2D eigenvalue weighted by Crippen LogP contribution is -2.32. The maximum Gasteiger partial charge on any atom is 0.255 e. The highest BCUT2D eigenvalue weighted by atomic mass is 16.2. The van der Waals surface area contributed by atoms with Crippen LogP contribution in [0.15, 0.2) is 66.9 Å². The van der Waals surface area contributed by atoms with E-state index in [1.54, 1.807) is 48.5 Å². The van der Waals surface area contributed by atoms with E-state index in [1.165, 1.54) is 11.1 Å². The quantitative estimate of drug-likeness (QED) is 0.382. The number of aldehydes is 1. The van der Waals surface area contributed by atoms with Gasteiger partial charge in [-0.1, -0.05) is 24.3 Å². The third-order valence-electron chi connectivity index (χ3n) is 7.04. The van der Waals surface area contributed by atoms with Crippen molar-refractivity contribution in [3.05, 3.63) is 78.0 Å². The van der Waals surface area contributed by atoms with Crippen LogP contribution in [0.1, 0.15) is 27.1 Å². The number of para-hydroxylation sites is 1. The fourth-order valence-electron chi connectivity index (χ4n) is 5.51. The van der Waals surface area contributed by atoms with Crippen LogP contribution in [0.3, 0.4) is 0 Å². The van der Waals surface area contributed by atoms with Crippen LogP contribution in [0, 0.1) is 23.7 Å². The lowest BCUT2D eigenvalue weighted by atomic mass is 9.85. The number of anilines is 2. The molecule has 162 valence electrons. The van der Waals surface area contributed by atoms with E-state index in [0.29, 0.717) is 33.4 Å². The van der Waals surface area contributed by atoms with Gasteiger partial charge in [-0.2, -0.15) is 0 Å². The number of fused-ring (bicyclic) bond motifs is 6. The summed E-state index contributed by atoms with van der Waals surface area (Å²) < 4.78 is 0. The van der Waals surface area contributed by atoms with Crippen molar-refractivity contribution in [3.63, 3.8) is 0 Å². The molecule has 1 aliphatic heterocycles. The predicted octanol–water partition coefficient (Wildman–Crippen LogP) is 3.61. The van der Waals surface area contributed by atoms with E-state index >= 15 is 0 Å². The van der Waals surface area contributed by atoms with Gasteiger partial charge >= 0.3 is 0 Å². The Balaban J connectivity index is 1.24. The van der Waals surface area contributed by atoms with Crippen molar-refractivity contribution in [2.24, 2.45) is 23.7 Å². The summed E-state index contributed by atoms with van der Waals surface area (Å²) in [5.74, 6) is -0.860. The first-order valence-electron chi connectivity index (χ1n) is 10.9. The number of pyridine rings is 1. The second kappa shape index (κ2) is 7.20. The van der Waals surface area contributed by atoms with Gasteiger partial charge in [-0.25, -0.2) is 0 Å². The molecule has 1 unspecified atom stereocenters. The number of carbonyl (C=O) groups excluding carboxylic acids is 4. The van der Waals surface area contributed by atoms with Crippen molar-refractivity contribution < 1.29 is 19.2 Å². The van der Waals surface area contributed by atoms with Gasteiger partial charge in [0, 0.05) is 22.7 Å². The lowest BCUT2D eigenvalue weighted by molar-refractivity contribution is -0.123. The van der Waals surface area contributed by atoms with Crippen molar-refractivity contribution in [2.75, 3.05) is 10.2 Å². The first kappa shape index (κ1) is 19.5. The first-order valence-corrected chi connectivity index (χ1v) is 10.9. The number of allylic oxidation sites excluding steroid dienone is 2. The van der Waals surface area contributed by atoms with Crippen molar-refractivity contribution in [1.82, 2.24) is 4.98 Å². The number of rotatable bonds is 4. The molecular formula is C26H19N3O4. The third-order valence-corrected chi connectivity index (χ3v) is 7.04. The second-order valence-electron chi connectivity index (χ2n) is 8.73. The SMILES string of the molecule is O=Cc1ccnc2c(NC(=O)c3ccc(N4C(=O)[C@@H]5[C@@H]6C=CC(C6)[C@@H]5C4=O)cc3)cccc12. The number of nitrogens with zero attached hydrogens (tertiary/aromatic N) is 2. The predicted molar refractivity (Wildman–Crippen MR) is 122 cm³/mol. The zero-order valence-electron chi connectivity index (χ0n) is 17.5. The van der Waals surface area contributed by atoms with Crippen LogP contribution in [0.2, 0.25) is 0 Å². The van der Waals surface area contributed by atoms with Gasteiger partial charge in [0.1, 0.15) is 0 Å². The zero-order valence-corrected chi connectivity index (χ0v) is 17.5. The van der Waals surface area contributed by atoms with Gasteiger partial charge in [-0.05, 0) is 54.7 Å². The third kappa shape index (κ3) is 2.85. The van der Waals surface area contributed by atoms with Gasteiger partial charge in [0.25, 0.3) is 5.91 Å². The van der Waals surface area contributed by atoms with E-state index in [4.69, 9.17) is 0 Å². The molecule has 2 aromatic carbocycles. The Morgan fingerprint density at radius 2 is 1.67 bits per heavy atom. The molecular weight excluding hydrogens is 418 g/mol. The summed E-state index contributed by atoms with van der Waals surface area (Å²) in [6, 6.07) is 13.3. The second-order valence-corrected chi connectivity index (χ2v) is 8.73. The standard InChI is InChI=1S/C26H19N3O4/c30-13-17-10-11-27-23-19(17)2-1-3-20(23)28-24(31)14-6-8-18(9-7-14)29-25(32)21-15-4-5-16(12-15)22(21)26(29)33/h1-11,13,15-16,21-22H,12H2,(H,28,31)/t15-,16?,21-,22+/m1/s1. The summed E-state index contributed by atoms with van der Waals surface area (Å²) in [5, 5.41) is 3.49. The van der Waals surface area contributed by atoms with Crippen LogP contribution in [-0.2, 0) is 9.59 Å². The van der Waals surface area contributed by atoms with Crippen LogP contribution in [0.5, 0.6) is 0 Å². The van der Waals surface area contributed by atoms with Crippen LogP contribution in [0.25, 0.3) is 10.9 Å². The average molecular weight is 437 g/mol. The van der Waals surface area contributed by atoms with E-state index in [0.717, 1.165) is 12.7 Å². The number of hydrogen-bond donors (Lipinski definition) is 1. The van der Waals surface area contributed by atoms with Crippen LogP contribution >= 0.6 is 0 Å².